The van der Waals surface area contributed by atoms with E-state index in [-0.39, 0.29) is 18.8 Å². The molecule has 15 heavy (non-hydrogen) atoms. The maximum Gasteiger partial charge on any atom is 0.308 e. The quantitative estimate of drug-likeness (QED) is 0.647. The number of hydrogen-bond donors (Lipinski definition) is 1. The first-order chi connectivity index (χ1) is 6.95. The number of carboxylic acid groups (broad SMARTS) is 1. The lowest BCUT2D eigenvalue weighted by Crippen LogP contribution is -2.22. The molecule has 0 aromatic rings. The fourth-order valence-electron chi connectivity index (χ4n) is 0.938. The van der Waals surface area contributed by atoms with Gasteiger partial charge in [-0.1, -0.05) is 13.8 Å². The van der Waals surface area contributed by atoms with E-state index in [1.54, 1.807) is 0 Å². The minimum atomic E-state index is -0.987. The largest absolute Gasteiger partial charge is 0.481 e. The Bertz CT molecular complexity index is 212. The topological polar surface area (TPSA) is 72.8 Å². The smallest absolute Gasteiger partial charge is 0.308 e. The Labute approximate surface area is 89.4 Å². The molecule has 0 rings (SSSR count). The number of esters is 1. The van der Waals surface area contributed by atoms with Crippen molar-refractivity contribution in [3.05, 3.63) is 0 Å². The highest BCUT2D eigenvalue weighted by molar-refractivity contribution is 5.72. The zero-order chi connectivity index (χ0) is 11.8. The average molecular weight is 218 g/mol. The number of carboxylic acids is 1. The molecule has 0 unspecified atom stereocenters. The van der Waals surface area contributed by atoms with Crippen LogP contribution in [0.4, 0.5) is 0 Å². The highest BCUT2D eigenvalue weighted by Gasteiger charge is 2.17. The van der Waals surface area contributed by atoms with Crippen LogP contribution >= 0.6 is 0 Å². The van der Waals surface area contributed by atoms with Gasteiger partial charge in [0.2, 0.25) is 0 Å². The van der Waals surface area contributed by atoms with Crippen LogP contribution in [0.25, 0.3) is 0 Å². The Morgan fingerprint density at radius 2 is 1.87 bits per heavy atom. The van der Waals surface area contributed by atoms with Gasteiger partial charge in [0.15, 0.2) is 0 Å². The Balaban J connectivity index is 3.85. The van der Waals surface area contributed by atoms with Crippen LogP contribution in [0, 0.1) is 5.92 Å². The lowest BCUT2D eigenvalue weighted by molar-refractivity contribution is -0.149. The van der Waals surface area contributed by atoms with Gasteiger partial charge in [0.05, 0.1) is 25.6 Å². The molecule has 0 bridgehead atoms. The number of hydrogen-bond acceptors (Lipinski definition) is 4. The zero-order valence-electron chi connectivity index (χ0n) is 9.36. The molecule has 0 spiro atoms. The van der Waals surface area contributed by atoms with Gasteiger partial charge in [0.1, 0.15) is 0 Å². The van der Waals surface area contributed by atoms with Crippen LogP contribution in [0.1, 0.15) is 26.7 Å². The standard InChI is InChI=1S/C10H18O5/c1-7(2)6-15-10(13)5-8(14-3)4-9(11)12/h7-8H,4-6H2,1-3H3,(H,11,12)/t8-/m1/s1. The highest BCUT2D eigenvalue weighted by Crippen LogP contribution is 2.05. The molecule has 88 valence electrons. The second-order valence-electron chi connectivity index (χ2n) is 3.74. The molecule has 1 atom stereocenters. The molecule has 5 nitrogen and oxygen atoms in total. The molecule has 0 aliphatic rings. The van der Waals surface area contributed by atoms with Gasteiger partial charge in [-0.05, 0) is 5.92 Å². The zero-order valence-corrected chi connectivity index (χ0v) is 9.36. The molecular formula is C10H18O5. The minimum absolute atomic E-state index is 0.0183. The van der Waals surface area contributed by atoms with Crippen molar-refractivity contribution in [2.45, 2.75) is 32.8 Å². The van der Waals surface area contributed by atoms with E-state index in [9.17, 15) is 9.59 Å². The van der Waals surface area contributed by atoms with Gasteiger partial charge in [-0.25, -0.2) is 0 Å². The van der Waals surface area contributed by atoms with E-state index in [2.05, 4.69) is 0 Å². The van der Waals surface area contributed by atoms with Gasteiger partial charge in [-0.2, -0.15) is 0 Å². The number of carbonyl (C=O) groups excluding carboxylic acids is 1. The van der Waals surface area contributed by atoms with Crippen LogP contribution in [0.3, 0.4) is 0 Å². The third-order valence-electron chi connectivity index (χ3n) is 1.71. The maximum absolute atomic E-state index is 11.2. The number of carbonyl (C=O) groups is 2. The second-order valence-corrected chi connectivity index (χ2v) is 3.74. The summed E-state index contributed by atoms with van der Waals surface area (Å²) >= 11 is 0. The molecule has 0 aromatic heterocycles. The predicted molar refractivity (Wildman–Crippen MR) is 53.5 cm³/mol. The molecule has 1 N–H and O–H groups in total. The molecule has 0 radical (unpaired) electrons. The summed E-state index contributed by atoms with van der Waals surface area (Å²) in [5.41, 5.74) is 0. The normalized spacial score (nSPS) is 12.5. The Kier molecular flexibility index (Phi) is 6.70. The monoisotopic (exact) mass is 218 g/mol. The van der Waals surface area contributed by atoms with Crippen molar-refractivity contribution in [2.75, 3.05) is 13.7 Å². The van der Waals surface area contributed by atoms with Gasteiger partial charge >= 0.3 is 11.9 Å². The van der Waals surface area contributed by atoms with E-state index in [1.165, 1.54) is 7.11 Å². The van der Waals surface area contributed by atoms with E-state index in [4.69, 9.17) is 14.6 Å². The van der Waals surface area contributed by atoms with Crippen LogP contribution in [0.15, 0.2) is 0 Å². The summed E-state index contributed by atoms with van der Waals surface area (Å²) < 4.78 is 9.76. The Morgan fingerprint density at radius 1 is 1.27 bits per heavy atom. The molecule has 0 aromatic carbocycles. The first-order valence-corrected chi connectivity index (χ1v) is 4.86. The third kappa shape index (κ3) is 7.93. The lowest BCUT2D eigenvalue weighted by atomic mass is 10.2. The first kappa shape index (κ1) is 13.9. The average Bonchev–Trinajstić information content (AvgIpc) is 2.13. The van der Waals surface area contributed by atoms with Crippen molar-refractivity contribution in [2.24, 2.45) is 5.92 Å². The Hall–Kier alpha value is -1.10. The van der Waals surface area contributed by atoms with E-state index in [0.717, 1.165) is 0 Å². The summed E-state index contributed by atoms with van der Waals surface area (Å²) in [7, 11) is 1.38. The van der Waals surface area contributed by atoms with Crippen LogP contribution in [0.2, 0.25) is 0 Å². The van der Waals surface area contributed by atoms with Crippen LogP contribution < -0.4 is 0 Å². The molecule has 0 saturated heterocycles. The SMILES string of the molecule is CO[C@H](CC(=O)O)CC(=O)OCC(C)C. The van der Waals surface area contributed by atoms with E-state index < -0.39 is 18.0 Å². The number of methoxy groups -OCH3 is 1. The van der Waals surface area contributed by atoms with E-state index >= 15 is 0 Å². The first-order valence-electron chi connectivity index (χ1n) is 4.86. The number of aliphatic carboxylic acids is 1. The molecule has 0 saturated carbocycles. The molecule has 0 aliphatic carbocycles. The van der Waals surface area contributed by atoms with Crippen molar-refractivity contribution in [3.8, 4) is 0 Å². The molecular weight excluding hydrogens is 200 g/mol. The van der Waals surface area contributed by atoms with Crippen molar-refractivity contribution in [1.82, 2.24) is 0 Å². The van der Waals surface area contributed by atoms with Crippen LogP contribution in [-0.2, 0) is 19.1 Å². The van der Waals surface area contributed by atoms with E-state index in [0.29, 0.717) is 6.61 Å². The fourth-order valence-corrected chi connectivity index (χ4v) is 0.938. The van der Waals surface area contributed by atoms with Crippen molar-refractivity contribution in [3.63, 3.8) is 0 Å². The van der Waals surface area contributed by atoms with Gasteiger partial charge in [0.25, 0.3) is 0 Å². The van der Waals surface area contributed by atoms with Gasteiger partial charge in [0, 0.05) is 7.11 Å². The minimum Gasteiger partial charge on any atom is -0.481 e. The molecule has 0 amide bonds. The van der Waals surface area contributed by atoms with Crippen molar-refractivity contribution in [1.29, 1.82) is 0 Å². The second kappa shape index (κ2) is 7.23. The van der Waals surface area contributed by atoms with Crippen LogP contribution in [-0.4, -0.2) is 36.9 Å². The highest BCUT2D eigenvalue weighted by atomic mass is 16.5. The molecule has 0 fully saturated rings. The summed E-state index contributed by atoms with van der Waals surface area (Å²) in [6.45, 7) is 4.21. The van der Waals surface area contributed by atoms with Crippen LogP contribution in [0.5, 0.6) is 0 Å². The number of rotatable bonds is 7. The number of ether oxygens (including phenoxy) is 2. The van der Waals surface area contributed by atoms with E-state index in [1.807, 2.05) is 13.8 Å². The third-order valence-corrected chi connectivity index (χ3v) is 1.71. The predicted octanol–water partition coefficient (Wildman–Crippen LogP) is 1.07. The van der Waals surface area contributed by atoms with Gasteiger partial charge in [-0.15, -0.1) is 0 Å². The van der Waals surface area contributed by atoms with Crippen molar-refractivity contribution >= 4 is 11.9 Å². The summed E-state index contributed by atoms with van der Waals surface area (Å²) in [6.07, 6.45) is -0.815. The fraction of sp³-hybridized carbons (Fsp3) is 0.800. The lowest BCUT2D eigenvalue weighted by Gasteiger charge is -2.13. The van der Waals surface area contributed by atoms with Gasteiger partial charge < -0.3 is 14.6 Å². The molecule has 0 heterocycles. The summed E-state index contributed by atoms with van der Waals surface area (Å²) in [4.78, 5) is 21.6. The molecule has 5 heteroatoms. The summed E-state index contributed by atoms with van der Waals surface area (Å²) in [6, 6.07) is 0. The Morgan fingerprint density at radius 3 is 2.27 bits per heavy atom. The molecule has 0 aliphatic heterocycles. The van der Waals surface area contributed by atoms with Crippen molar-refractivity contribution < 1.29 is 24.2 Å². The maximum atomic E-state index is 11.2. The summed E-state index contributed by atoms with van der Waals surface area (Å²) in [5, 5.41) is 8.51. The summed E-state index contributed by atoms with van der Waals surface area (Å²) in [5.74, 6) is -1.13. The van der Waals surface area contributed by atoms with Gasteiger partial charge in [-0.3, -0.25) is 9.59 Å².